The van der Waals surface area contributed by atoms with Crippen molar-refractivity contribution in [1.82, 2.24) is 14.8 Å². The number of nitrogens with one attached hydrogen (secondary N) is 1. The molecule has 1 amide bonds. The van der Waals surface area contributed by atoms with E-state index in [1.54, 1.807) is 28.8 Å². The molecule has 8 heteroatoms. The summed E-state index contributed by atoms with van der Waals surface area (Å²) in [6, 6.07) is 16.5. The summed E-state index contributed by atoms with van der Waals surface area (Å²) in [5, 5.41) is 12.2. The fourth-order valence-corrected chi connectivity index (χ4v) is 3.82. The van der Waals surface area contributed by atoms with E-state index in [4.69, 9.17) is 17.3 Å². The molecule has 6 nitrogen and oxygen atoms in total. The summed E-state index contributed by atoms with van der Waals surface area (Å²) in [6.45, 7) is 1.92. The average molecular weight is 402 g/mol. The Bertz CT molecular complexity index is 915. The first kappa shape index (κ1) is 19.3. The van der Waals surface area contributed by atoms with Gasteiger partial charge in [0.15, 0.2) is 5.16 Å². The zero-order chi connectivity index (χ0) is 19.2. The number of carbonyl (C=O) groups is 1. The van der Waals surface area contributed by atoms with E-state index in [2.05, 4.69) is 15.5 Å². The van der Waals surface area contributed by atoms with Gasteiger partial charge in [-0.05, 0) is 30.2 Å². The SMILES string of the molecule is CCC(C(=O)Nc1cccc(Cl)c1)n1c(N)nnc1SCc1ccccc1. The molecule has 0 aliphatic heterocycles. The van der Waals surface area contributed by atoms with Crippen molar-refractivity contribution in [2.45, 2.75) is 30.3 Å². The largest absolute Gasteiger partial charge is 0.368 e. The highest BCUT2D eigenvalue weighted by atomic mass is 35.5. The number of hydrogen-bond acceptors (Lipinski definition) is 5. The van der Waals surface area contributed by atoms with Gasteiger partial charge < -0.3 is 11.1 Å². The number of rotatable bonds is 7. The molecule has 1 heterocycles. The highest BCUT2D eigenvalue weighted by Crippen LogP contribution is 2.28. The third-order valence-electron chi connectivity index (χ3n) is 3.99. The van der Waals surface area contributed by atoms with Crippen LogP contribution < -0.4 is 11.1 Å². The quantitative estimate of drug-likeness (QED) is 0.573. The Labute approximate surface area is 167 Å². The van der Waals surface area contributed by atoms with E-state index < -0.39 is 6.04 Å². The number of aromatic nitrogens is 3. The van der Waals surface area contributed by atoms with Gasteiger partial charge in [-0.2, -0.15) is 0 Å². The number of benzene rings is 2. The number of nitrogens with zero attached hydrogens (tertiary/aromatic N) is 3. The van der Waals surface area contributed by atoms with Crippen LogP contribution in [0, 0.1) is 0 Å². The third-order valence-corrected chi connectivity index (χ3v) is 5.24. The van der Waals surface area contributed by atoms with Gasteiger partial charge in [0.05, 0.1) is 0 Å². The highest BCUT2D eigenvalue weighted by molar-refractivity contribution is 7.98. The highest BCUT2D eigenvalue weighted by Gasteiger charge is 2.25. The van der Waals surface area contributed by atoms with Crippen molar-refractivity contribution in [3.05, 3.63) is 65.2 Å². The zero-order valence-electron chi connectivity index (χ0n) is 14.8. The van der Waals surface area contributed by atoms with Gasteiger partial charge in [0.1, 0.15) is 6.04 Å². The lowest BCUT2D eigenvalue weighted by Crippen LogP contribution is -2.27. The Hall–Kier alpha value is -2.51. The lowest BCUT2D eigenvalue weighted by molar-refractivity contribution is -0.119. The van der Waals surface area contributed by atoms with Gasteiger partial charge in [-0.1, -0.05) is 66.7 Å². The minimum Gasteiger partial charge on any atom is -0.368 e. The number of nitrogen functional groups attached to an aromatic ring is 1. The maximum atomic E-state index is 12.8. The summed E-state index contributed by atoms with van der Waals surface area (Å²) in [6.07, 6.45) is 0.549. The fourth-order valence-electron chi connectivity index (χ4n) is 2.68. The molecule has 1 aromatic heterocycles. The Morgan fingerprint density at radius 2 is 2.00 bits per heavy atom. The van der Waals surface area contributed by atoms with Gasteiger partial charge >= 0.3 is 0 Å². The van der Waals surface area contributed by atoms with E-state index in [1.807, 2.05) is 37.3 Å². The van der Waals surface area contributed by atoms with Crippen LogP contribution in [0.25, 0.3) is 0 Å². The van der Waals surface area contributed by atoms with Crippen LogP contribution in [-0.2, 0) is 10.5 Å². The second kappa shape index (κ2) is 8.92. The lowest BCUT2D eigenvalue weighted by atomic mass is 10.2. The monoisotopic (exact) mass is 401 g/mol. The molecule has 3 N–H and O–H groups in total. The van der Waals surface area contributed by atoms with Gasteiger partial charge in [0.25, 0.3) is 0 Å². The number of halogens is 1. The number of nitrogens with two attached hydrogens (primary N) is 1. The fraction of sp³-hybridized carbons (Fsp3) is 0.211. The van der Waals surface area contributed by atoms with E-state index in [1.165, 1.54) is 11.8 Å². The molecular weight excluding hydrogens is 382 g/mol. The molecule has 0 radical (unpaired) electrons. The molecule has 140 valence electrons. The molecule has 3 rings (SSSR count). The number of carbonyl (C=O) groups excluding carboxylic acids is 1. The standard InChI is InChI=1S/C19H20ClN5OS/c1-2-16(17(26)22-15-10-6-9-14(20)11-15)25-18(21)23-24-19(25)27-12-13-7-4-3-5-8-13/h3-11,16H,2,12H2,1H3,(H2,21,23)(H,22,26). The summed E-state index contributed by atoms with van der Waals surface area (Å²) < 4.78 is 1.69. The third kappa shape index (κ3) is 4.81. The van der Waals surface area contributed by atoms with Crippen LogP contribution in [0.2, 0.25) is 5.02 Å². The van der Waals surface area contributed by atoms with Gasteiger partial charge in [0.2, 0.25) is 11.9 Å². The average Bonchev–Trinajstić information content (AvgIpc) is 3.02. The molecule has 2 aromatic carbocycles. The summed E-state index contributed by atoms with van der Waals surface area (Å²) in [5.74, 6) is 0.747. The molecule has 0 aliphatic rings. The van der Waals surface area contributed by atoms with E-state index in [0.717, 1.165) is 5.56 Å². The normalized spacial score (nSPS) is 11.9. The Morgan fingerprint density at radius 3 is 2.70 bits per heavy atom. The lowest BCUT2D eigenvalue weighted by Gasteiger charge is -2.19. The van der Waals surface area contributed by atoms with Crippen LogP contribution in [-0.4, -0.2) is 20.7 Å². The molecule has 0 saturated heterocycles. The molecule has 1 unspecified atom stereocenters. The van der Waals surface area contributed by atoms with Crippen molar-refractivity contribution in [3.63, 3.8) is 0 Å². The first-order valence-electron chi connectivity index (χ1n) is 8.52. The number of amides is 1. The van der Waals surface area contributed by atoms with Gasteiger partial charge in [-0.25, -0.2) is 0 Å². The van der Waals surface area contributed by atoms with E-state index in [9.17, 15) is 4.79 Å². The van der Waals surface area contributed by atoms with E-state index >= 15 is 0 Å². The van der Waals surface area contributed by atoms with Crippen molar-refractivity contribution in [1.29, 1.82) is 0 Å². The van der Waals surface area contributed by atoms with E-state index in [-0.39, 0.29) is 11.9 Å². The minimum absolute atomic E-state index is 0.187. The summed E-state index contributed by atoms with van der Waals surface area (Å²) in [5.41, 5.74) is 7.81. The molecule has 27 heavy (non-hydrogen) atoms. The summed E-state index contributed by atoms with van der Waals surface area (Å²) >= 11 is 7.49. The Balaban J connectivity index is 1.78. The number of hydrogen-bond donors (Lipinski definition) is 2. The van der Waals surface area contributed by atoms with Crippen molar-refractivity contribution < 1.29 is 4.79 Å². The van der Waals surface area contributed by atoms with E-state index in [0.29, 0.717) is 28.0 Å². The molecule has 0 aliphatic carbocycles. The molecule has 0 fully saturated rings. The first-order valence-corrected chi connectivity index (χ1v) is 9.88. The molecule has 1 atom stereocenters. The predicted octanol–water partition coefficient (Wildman–Crippen LogP) is 4.40. The van der Waals surface area contributed by atoms with Crippen molar-refractivity contribution in [3.8, 4) is 0 Å². The molecule has 0 saturated carbocycles. The molecule has 0 bridgehead atoms. The second-order valence-electron chi connectivity index (χ2n) is 5.91. The Morgan fingerprint density at radius 1 is 1.22 bits per heavy atom. The topological polar surface area (TPSA) is 85.8 Å². The van der Waals surface area contributed by atoms with Crippen LogP contribution >= 0.6 is 23.4 Å². The van der Waals surface area contributed by atoms with Crippen molar-refractivity contribution >= 4 is 40.9 Å². The van der Waals surface area contributed by atoms with Crippen molar-refractivity contribution in [2.24, 2.45) is 0 Å². The maximum absolute atomic E-state index is 12.8. The van der Waals surface area contributed by atoms with Crippen LogP contribution in [0.4, 0.5) is 11.6 Å². The first-order chi connectivity index (χ1) is 13.1. The zero-order valence-corrected chi connectivity index (χ0v) is 16.4. The van der Waals surface area contributed by atoms with Crippen LogP contribution in [0.1, 0.15) is 24.9 Å². The van der Waals surface area contributed by atoms with Crippen LogP contribution in [0.5, 0.6) is 0 Å². The van der Waals surface area contributed by atoms with Gasteiger partial charge in [0, 0.05) is 16.5 Å². The van der Waals surface area contributed by atoms with Crippen LogP contribution in [0.15, 0.2) is 59.8 Å². The van der Waals surface area contributed by atoms with Crippen molar-refractivity contribution in [2.75, 3.05) is 11.1 Å². The predicted molar refractivity (Wildman–Crippen MR) is 110 cm³/mol. The summed E-state index contributed by atoms with van der Waals surface area (Å²) in [4.78, 5) is 12.8. The second-order valence-corrected chi connectivity index (χ2v) is 7.29. The number of thioether (sulfide) groups is 1. The Kier molecular flexibility index (Phi) is 6.36. The smallest absolute Gasteiger partial charge is 0.247 e. The molecule has 3 aromatic rings. The van der Waals surface area contributed by atoms with Gasteiger partial charge in [-0.15, -0.1) is 10.2 Å². The minimum atomic E-state index is -0.516. The summed E-state index contributed by atoms with van der Waals surface area (Å²) in [7, 11) is 0. The number of anilines is 2. The molecular formula is C19H20ClN5OS. The maximum Gasteiger partial charge on any atom is 0.247 e. The van der Waals surface area contributed by atoms with Gasteiger partial charge in [-0.3, -0.25) is 9.36 Å². The van der Waals surface area contributed by atoms with Crippen LogP contribution in [0.3, 0.4) is 0 Å². The molecule has 0 spiro atoms.